The molecule has 0 fully saturated rings. The van der Waals surface area contributed by atoms with E-state index in [4.69, 9.17) is 9.47 Å². The molecule has 1 aromatic heterocycles. The molecule has 0 saturated heterocycles. The Morgan fingerprint density at radius 2 is 1.60 bits per heavy atom. The average molecular weight is 630 g/mol. The summed E-state index contributed by atoms with van der Waals surface area (Å²) in [4.78, 5) is 30.2. The van der Waals surface area contributed by atoms with Gasteiger partial charge in [0.25, 0.3) is 0 Å². The van der Waals surface area contributed by atoms with Crippen molar-refractivity contribution in [1.29, 1.82) is 0 Å². The molecule has 0 spiro atoms. The van der Waals surface area contributed by atoms with E-state index in [0.29, 0.717) is 30.3 Å². The predicted octanol–water partition coefficient (Wildman–Crippen LogP) is 6.14. The van der Waals surface area contributed by atoms with E-state index in [1.165, 1.54) is 0 Å². The van der Waals surface area contributed by atoms with Crippen molar-refractivity contribution in [1.82, 2.24) is 25.2 Å². The smallest absolute Gasteiger partial charge is 0.247 e. The highest BCUT2D eigenvalue weighted by Gasteiger charge is 2.33. The number of aromatic nitrogens is 3. The largest absolute Gasteiger partial charge is 0.492 e. The molecule has 1 unspecified atom stereocenters. The van der Waals surface area contributed by atoms with Gasteiger partial charge in [0.15, 0.2) is 0 Å². The molecule has 0 saturated carbocycles. The third-order valence-electron chi connectivity index (χ3n) is 7.80. The summed E-state index contributed by atoms with van der Waals surface area (Å²) < 4.78 is 13.7. The lowest BCUT2D eigenvalue weighted by Crippen LogP contribution is -2.49. The first-order chi connectivity index (χ1) is 22.7. The van der Waals surface area contributed by atoms with Crippen LogP contribution in [0.2, 0.25) is 0 Å². The van der Waals surface area contributed by atoms with Crippen LogP contribution in [0, 0.1) is 0 Å². The molecule has 4 aliphatic rings. The number of carbonyl (C=O) groups is 2. The van der Waals surface area contributed by atoms with E-state index in [1.807, 2.05) is 130 Å². The second-order valence-corrected chi connectivity index (χ2v) is 12.7. The Hall–Kier alpha value is -5.44. The Bertz CT molecular complexity index is 1810. The van der Waals surface area contributed by atoms with E-state index in [0.717, 1.165) is 27.8 Å². The lowest BCUT2D eigenvalue weighted by Gasteiger charge is -2.34. The van der Waals surface area contributed by atoms with Crippen molar-refractivity contribution in [2.75, 3.05) is 6.61 Å². The molecule has 8 bridgehead atoms. The predicted molar refractivity (Wildman–Crippen MR) is 180 cm³/mol. The minimum Gasteiger partial charge on any atom is -0.492 e. The summed E-state index contributed by atoms with van der Waals surface area (Å²) >= 11 is 0. The fourth-order valence-electron chi connectivity index (χ4n) is 5.55. The van der Waals surface area contributed by atoms with Crippen LogP contribution in [0.25, 0.3) is 11.1 Å². The van der Waals surface area contributed by atoms with Gasteiger partial charge in [0.1, 0.15) is 36.4 Å². The van der Waals surface area contributed by atoms with E-state index in [9.17, 15) is 9.59 Å². The first-order valence-corrected chi connectivity index (χ1v) is 15.8. The summed E-state index contributed by atoms with van der Waals surface area (Å²) in [5.41, 5.74) is 4.57. The topological polar surface area (TPSA) is 98.6 Å². The molecule has 47 heavy (non-hydrogen) atoms. The Balaban J connectivity index is 1.41. The first kappa shape index (κ1) is 31.5. The molecule has 4 aliphatic heterocycles. The maximum atomic E-state index is 14.3. The zero-order chi connectivity index (χ0) is 32.8. The van der Waals surface area contributed by atoms with Crippen LogP contribution in [0.1, 0.15) is 49.2 Å². The zero-order valence-electron chi connectivity index (χ0n) is 26.9. The second-order valence-electron chi connectivity index (χ2n) is 12.7. The number of ether oxygens (including phenoxy) is 2. The van der Waals surface area contributed by atoms with Gasteiger partial charge in [-0.2, -0.15) is 0 Å². The molecule has 2 amide bonds. The molecule has 9 nitrogen and oxygen atoms in total. The van der Waals surface area contributed by atoms with E-state index in [2.05, 4.69) is 15.6 Å². The third-order valence-corrected chi connectivity index (χ3v) is 7.80. The van der Waals surface area contributed by atoms with Gasteiger partial charge < -0.3 is 19.7 Å². The lowest BCUT2D eigenvalue weighted by molar-refractivity contribution is -0.141. The number of hydrogen-bond donors (Lipinski definition) is 1. The quantitative estimate of drug-likeness (QED) is 0.257. The highest BCUT2D eigenvalue weighted by molar-refractivity contribution is 5.90. The Labute approximate surface area is 275 Å². The van der Waals surface area contributed by atoms with Crippen molar-refractivity contribution in [3.05, 3.63) is 132 Å². The minimum atomic E-state index is -0.874. The van der Waals surface area contributed by atoms with Gasteiger partial charge in [-0.3, -0.25) is 9.59 Å². The van der Waals surface area contributed by atoms with Gasteiger partial charge in [-0.15, -0.1) is 5.10 Å². The van der Waals surface area contributed by atoms with Gasteiger partial charge in [0.05, 0.1) is 19.2 Å². The van der Waals surface area contributed by atoms with Crippen LogP contribution < -0.4 is 14.8 Å². The summed E-state index contributed by atoms with van der Waals surface area (Å²) in [5.74, 6) is 0.982. The molecule has 1 atom stereocenters. The van der Waals surface area contributed by atoms with Crippen LogP contribution in [-0.2, 0) is 35.7 Å². The molecule has 5 heterocycles. The number of rotatable bonds is 3. The lowest BCUT2D eigenvalue weighted by atomic mass is 9.96. The molecular formula is C38H39N5O4. The summed E-state index contributed by atoms with van der Waals surface area (Å²) in [5, 5.41) is 11.5. The molecule has 9 heteroatoms. The highest BCUT2D eigenvalue weighted by Crippen LogP contribution is 2.31. The maximum Gasteiger partial charge on any atom is 0.247 e. The highest BCUT2D eigenvalue weighted by atomic mass is 16.5. The van der Waals surface area contributed by atoms with Gasteiger partial charge in [0.2, 0.25) is 11.8 Å². The summed E-state index contributed by atoms with van der Waals surface area (Å²) in [6.45, 7) is 7.30. The number of benzene rings is 4. The molecule has 0 radical (unpaired) electrons. The average Bonchev–Trinajstić information content (AvgIpc) is 3.51. The zero-order valence-corrected chi connectivity index (χ0v) is 26.9. The van der Waals surface area contributed by atoms with Crippen molar-refractivity contribution in [2.45, 2.75) is 58.5 Å². The van der Waals surface area contributed by atoms with Gasteiger partial charge in [0, 0.05) is 12.1 Å². The van der Waals surface area contributed by atoms with Crippen molar-refractivity contribution in [2.24, 2.45) is 0 Å². The molecule has 9 rings (SSSR count). The third kappa shape index (κ3) is 8.24. The van der Waals surface area contributed by atoms with Crippen LogP contribution >= 0.6 is 0 Å². The van der Waals surface area contributed by atoms with E-state index >= 15 is 0 Å². The Morgan fingerprint density at radius 1 is 0.872 bits per heavy atom. The van der Waals surface area contributed by atoms with Gasteiger partial charge in [-0.1, -0.05) is 78.0 Å². The number of nitrogens with one attached hydrogen (secondary N) is 1. The summed E-state index contributed by atoms with van der Waals surface area (Å²) in [6, 6.07) is 32.0. The van der Waals surface area contributed by atoms with Crippen LogP contribution in [0.3, 0.4) is 0 Å². The van der Waals surface area contributed by atoms with Crippen LogP contribution in [-0.4, -0.2) is 43.9 Å². The SMILES string of the molecule is CC(C)(C)NC(=O)C1c2cccc(c2)-c2ccc(cc2)OCc2cn(nn2)CCOc2ccc(cc2)CC(=O)N1Cc1ccccc1. The Kier molecular flexibility index (Phi) is 9.33. The van der Waals surface area contributed by atoms with E-state index < -0.39 is 11.6 Å². The molecule has 1 N–H and O–H groups in total. The molecule has 4 aromatic carbocycles. The van der Waals surface area contributed by atoms with Gasteiger partial charge in [-0.05, 0) is 78.9 Å². The van der Waals surface area contributed by atoms with Crippen molar-refractivity contribution >= 4 is 11.8 Å². The number of hydrogen-bond acceptors (Lipinski definition) is 6. The standard InChI is InChI=1S/C38H39N5O4/c1-38(2,3)39-37(45)36-31-11-7-10-30(23-31)29-14-18-34(19-15-29)47-26-32-25-42(41-40-32)20-21-46-33-16-12-27(13-17-33)22-35(44)43(36)24-28-8-5-4-6-9-28/h4-19,23,25,36H,20-22,24,26H2,1-3H3,(H,39,45). The van der Waals surface area contributed by atoms with E-state index in [-0.39, 0.29) is 31.4 Å². The molecule has 0 aliphatic carbocycles. The monoisotopic (exact) mass is 629 g/mol. The number of amides is 2. The van der Waals surface area contributed by atoms with Gasteiger partial charge >= 0.3 is 0 Å². The maximum absolute atomic E-state index is 14.3. The van der Waals surface area contributed by atoms with Crippen LogP contribution in [0.15, 0.2) is 109 Å². The van der Waals surface area contributed by atoms with E-state index in [1.54, 1.807) is 9.58 Å². The fourth-order valence-corrected chi connectivity index (χ4v) is 5.55. The van der Waals surface area contributed by atoms with Crippen molar-refractivity contribution in [3.63, 3.8) is 0 Å². The summed E-state index contributed by atoms with van der Waals surface area (Å²) in [7, 11) is 0. The molecular weight excluding hydrogens is 590 g/mol. The van der Waals surface area contributed by atoms with Crippen molar-refractivity contribution in [3.8, 4) is 22.6 Å². The van der Waals surface area contributed by atoms with Crippen molar-refractivity contribution < 1.29 is 19.1 Å². The number of carbonyl (C=O) groups excluding carboxylic acids is 2. The number of nitrogens with zero attached hydrogens (tertiary/aromatic N) is 4. The Morgan fingerprint density at radius 3 is 2.34 bits per heavy atom. The second kappa shape index (κ2) is 13.9. The summed E-state index contributed by atoms with van der Waals surface area (Å²) in [6.07, 6.45) is 1.97. The molecule has 240 valence electrons. The minimum absolute atomic E-state index is 0.120. The first-order valence-electron chi connectivity index (χ1n) is 15.8. The van der Waals surface area contributed by atoms with Crippen LogP contribution in [0.5, 0.6) is 11.5 Å². The normalized spacial score (nSPS) is 15.5. The van der Waals surface area contributed by atoms with Crippen LogP contribution in [0.4, 0.5) is 0 Å². The van der Waals surface area contributed by atoms with Gasteiger partial charge in [-0.25, -0.2) is 4.68 Å². The fraction of sp³-hybridized carbons (Fsp3) is 0.263. The molecule has 5 aromatic rings.